The molecule has 0 heterocycles. The molecule has 0 bridgehead atoms. The van der Waals surface area contributed by atoms with Gasteiger partial charge in [0.05, 0.1) is 0 Å². The number of nitrogens with one attached hydrogen (secondary N) is 1. The Kier molecular flexibility index (Phi) is 5.78. The summed E-state index contributed by atoms with van der Waals surface area (Å²) in [4.78, 5) is 0. The number of benzene rings is 1. The minimum absolute atomic E-state index is 0.0835. The third-order valence-corrected chi connectivity index (χ3v) is 2.42. The van der Waals surface area contributed by atoms with Crippen molar-refractivity contribution in [3.63, 3.8) is 0 Å². The van der Waals surface area contributed by atoms with E-state index in [0.29, 0.717) is 6.54 Å². The maximum absolute atomic E-state index is 9.84. The zero-order valence-electron chi connectivity index (χ0n) is 9.76. The smallest absolute Gasteiger partial charge is 0.0492 e. The summed E-state index contributed by atoms with van der Waals surface area (Å²) >= 11 is 0. The minimum atomic E-state index is 0.0835. The molecule has 0 radical (unpaired) electrons. The lowest BCUT2D eigenvalue weighted by atomic mass is 10.2. The third kappa shape index (κ3) is 4.57. The van der Waals surface area contributed by atoms with Gasteiger partial charge in [0.25, 0.3) is 0 Å². The van der Waals surface area contributed by atoms with Crippen LogP contribution in [-0.2, 0) is 6.54 Å². The predicted octanol–water partition coefficient (Wildman–Crippen LogP) is 2.04. The molecule has 1 rings (SSSR count). The first-order valence-corrected chi connectivity index (χ1v) is 5.55. The van der Waals surface area contributed by atoms with Gasteiger partial charge in [0, 0.05) is 25.7 Å². The van der Waals surface area contributed by atoms with Gasteiger partial charge in [-0.25, -0.2) is 0 Å². The molecule has 0 aromatic heterocycles. The zero-order chi connectivity index (χ0) is 11.8. The third-order valence-electron chi connectivity index (χ3n) is 2.42. The van der Waals surface area contributed by atoms with E-state index in [-0.39, 0.29) is 6.04 Å². The second-order valence-electron chi connectivity index (χ2n) is 3.88. The van der Waals surface area contributed by atoms with Crippen LogP contribution in [0.2, 0.25) is 0 Å². The Morgan fingerprint density at radius 3 is 2.75 bits per heavy atom. The Hall–Kier alpha value is -1.16. The van der Waals surface area contributed by atoms with Gasteiger partial charge in [0.2, 0.25) is 0 Å². The maximum atomic E-state index is 9.84. The van der Waals surface area contributed by atoms with Crippen molar-refractivity contribution in [2.75, 3.05) is 13.1 Å². The maximum Gasteiger partial charge on any atom is 0.0492 e. The van der Waals surface area contributed by atoms with E-state index in [4.69, 9.17) is 0 Å². The van der Waals surface area contributed by atoms with Crippen molar-refractivity contribution < 1.29 is 5.21 Å². The van der Waals surface area contributed by atoms with Crippen LogP contribution >= 0.6 is 0 Å². The summed E-state index contributed by atoms with van der Waals surface area (Å²) < 4.78 is 0. The van der Waals surface area contributed by atoms with E-state index in [0.717, 1.165) is 18.7 Å². The molecule has 3 nitrogen and oxygen atoms in total. The molecule has 0 aliphatic carbocycles. The van der Waals surface area contributed by atoms with Crippen molar-refractivity contribution in [1.29, 1.82) is 0 Å². The van der Waals surface area contributed by atoms with Gasteiger partial charge < -0.3 is 10.5 Å². The van der Waals surface area contributed by atoms with Gasteiger partial charge in [-0.1, -0.05) is 36.4 Å². The average Bonchev–Trinajstić information content (AvgIpc) is 2.30. The molecule has 0 fully saturated rings. The van der Waals surface area contributed by atoms with E-state index in [1.165, 1.54) is 5.06 Å². The highest BCUT2D eigenvalue weighted by molar-refractivity contribution is 5.14. The number of nitrogens with zero attached hydrogens (tertiary/aromatic N) is 1. The lowest BCUT2D eigenvalue weighted by Crippen LogP contribution is -2.37. The summed E-state index contributed by atoms with van der Waals surface area (Å²) in [5.41, 5.74) is 1.11. The first-order valence-electron chi connectivity index (χ1n) is 5.55. The molecule has 0 saturated carbocycles. The Morgan fingerprint density at radius 1 is 1.44 bits per heavy atom. The van der Waals surface area contributed by atoms with Gasteiger partial charge in [-0.05, 0) is 12.5 Å². The fraction of sp³-hybridized carbons (Fsp3) is 0.385. The lowest BCUT2D eigenvalue weighted by Gasteiger charge is -2.22. The van der Waals surface area contributed by atoms with Crippen molar-refractivity contribution in [3.05, 3.63) is 48.6 Å². The van der Waals surface area contributed by atoms with E-state index in [2.05, 4.69) is 11.9 Å². The van der Waals surface area contributed by atoms with Crippen LogP contribution in [0.3, 0.4) is 0 Å². The quantitative estimate of drug-likeness (QED) is 0.419. The fourth-order valence-electron chi connectivity index (χ4n) is 1.43. The van der Waals surface area contributed by atoms with E-state index in [1.807, 2.05) is 43.3 Å². The van der Waals surface area contributed by atoms with Crippen LogP contribution in [0.25, 0.3) is 0 Å². The topological polar surface area (TPSA) is 35.5 Å². The molecule has 0 saturated heterocycles. The van der Waals surface area contributed by atoms with Crippen molar-refractivity contribution >= 4 is 0 Å². The normalized spacial score (nSPS) is 12.7. The second-order valence-corrected chi connectivity index (χ2v) is 3.88. The number of hydroxylamine groups is 2. The molecular weight excluding hydrogens is 200 g/mol. The van der Waals surface area contributed by atoms with Crippen LogP contribution < -0.4 is 5.32 Å². The molecule has 2 N–H and O–H groups in total. The predicted molar refractivity (Wildman–Crippen MR) is 66.3 cm³/mol. The Bertz CT molecular complexity index is 300. The second kappa shape index (κ2) is 7.17. The van der Waals surface area contributed by atoms with Gasteiger partial charge in [-0.15, -0.1) is 6.58 Å². The molecule has 0 spiro atoms. The van der Waals surface area contributed by atoms with Crippen LogP contribution in [0.5, 0.6) is 0 Å². The highest BCUT2D eigenvalue weighted by Gasteiger charge is 2.10. The highest BCUT2D eigenvalue weighted by atomic mass is 16.5. The SMILES string of the molecule is C=CCNCC(C)N(O)Cc1ccccc1. The molecule has 88 valence electrons. The summed E-state index contributed by atoms with van der Waals surface area (Å²) in [7, 11) is 0. The van der Waals surface area contributed by atoms with Crippen molar-refractivity contribution in [2.24, 2.45) is 0 Å². The Labute approximate surface area is 97.4 Å². The van der Waals surface area contributed by atoms with Gasteiger partial charge in [0.15, 0.2) is 0 Å². The summed E-state index contributed by atoms with van der Waals surface area (Å²) in [6, 6.07) is 10.0. The van der Waals surface area contributed by atoms with Crippen LogP contribution in [0.15, 0.2) is 43.0 Å². The average molecular weight is 220 g/mol. The molecule has 0 amide bonds. The van der Waals surface area contributed by atoms with Crippen molar-refractivity contribution in [3.8, 4) is 0 Å². The Balaban J connectivity index is 2.33. The van der Waals surface area contributed by atoms with Crippen molar-refractivity contribution in [2.45, 2.75) is 19.5 Å². The first kappa shape index (κ1) is 12.9. The molecule has 0 aliphatic rings. The molecule has 0 aliphatic heterocycles. The van der Waals surface area contributed by atoms with Crippen molar-refractivity contribution in [1.82, 2.24) is 10.4 Å². The highest BCUT2D eigenvalue weighted by Crippen LogP contribution is 2.04. The van der Waals surface area contributed by atoms with Crippen LogP contribution in [-0.4, -0.2) is 29.4 Å². The van der Waals surface area contributed by atoms with E-state index < -0.39 is 0 Å². The van der Waals surface area contributed by atoms with Crippen LogP contribution in [0.1, 0.15) is 12.5 Å². The summed E-state index contributed by atoms with van der Waals surface area (Å²) in [5.74, 6) is 0. The number of hydrogen-bond acceptors (Lipinski definition) is 3. The summed E-state index contributed by atoms with van der Waals surface area (Å²) in [6.07, 6.45) is 1.81. The Morgan fingerprint density at radius 2 is 2.12 bits per heavy atom. The molecule has 16 heavy (non-hydrogen) atoms. The van der Waals surface area contributed by atoms with Gasteiger partial charge in [-0.2, -0.15) is 5.06 Å². The summed E-state index contributed by atoms with van der Waals surface area (Å²) in [5, 5.41) is 14.4. The van der Waals surface area contributed by atoms with Crippen LogP contribution in [0.4, 0.5) is 0 Å². The number of hydrogen-bond donors (Lipinski definition) is 2. The molecule has 1 atom stereocenters. The largest absolute Gasteiger partial charge is 0.313 e. The van der Waals surface area contributed by atoms with E-state index in [1.54, 1.807) is 0 Å². The minimum Gasteiger partial charge on any atom is -0.313 e. The molecule has 3 heteroatoms. The first-order chi connectivity index (χ1) is 7.74. The molecule has 1 aromatic carbocycles. The number of rotatable bonds is 7. The van der Waals surface area contributed by atoms with Gasteiger partial charge in [-0.3, -0.25) is 0 Å². The molecular formula is C13H20N2O. The molecule has 1 aromatic rings. The van der Waals surface area contributed by atoms with Gasteiger partial charge in [0.1, 0.15) is 0 Å². The summed E-state index contributed by atoms with van der Waals surface area (Å²) in [6.45, 7) is 7.68. The zero-order valence-corrected chi connectivity index (χ0v) is 9.76. The fourth-order valence-corrected chi connectivity index (χ4v) is 1.43. The van der Waals surface area contributed by atoms with E-state index >= 15 is 0 Å². The molecule has 1 unspecified atom stereocenters. The van der Waals surface area contributed by atoms with Gasteiger partial charge >= 0.3 is 0 Å². The monoisotopic (exact) mass is 220 g/mol. The van der Waals surface area contributed by atoms with Crippen LogP contribution in [0, 0.1) is 0 Å². The van der Waals surface area contributed by atoms with E-state index in [9.17, 15) is 5.21 Å². The standard InChI is InChI=1S/C13H20N2O/c1-3-9-14-10-12(2)15(16)11-13-7-5-4-6-8-13/h3-8,12,14,16H,1,9-11H2,2H3. The lowest BCUT2D eigenvalue weighted by molar-refractivity contribution is -0.129.